The molecule has 0 atom stereocenters. The number of pyridine rings is 1. The molecule has 1 amide bonds. The van der Waals surface area contributed by atoms with Crippen LogP contribution >= 0.6 is 0 Å². The number of hydrogen-bond donors (Lipinski definition) is 0. The molecule has 0 bridgehead atoms. The highest BCUT2D eigenvalue weighted by atomic mass is 16.5. The summed E-state index contributed by atoms with van der Waals surface area (Å²) in [6.07, 6.45) is 3.86. The topological polar surface area (TPSA) is 66.2 Å². The normalized spacial score (nSPS) is 13.3. The van der Waals surface area contributed by atoms with Gasteiger partial charge in [-0.1, -0.05) is 30.3 Å². The summed E-state index contributed by atoms with van der Waals surface area (Å²) in [5.41, 5.74) is 1.48. The van der Waals surface area contributed by atoms with E-state index in [1.165, 1.54) is 19.0 Å². The first-order valence-corrected chi connectivity index (χ1v) is 8.04. The van der Waals surface area contributed by atoms with Crippen LogP contribution in [0.15, 0.2) is 48.7 Å². The first-order valence-electron chi connectivity index (χ1n) is 8.04. The molecule has 1 aliphatic carbocycles. The molecule has 0 saturated heterocycles. The van der Waals surface area contributed by atoms with Crippen LogP contribution in [0.3, 0.4) is 0 Å². The molecule has 0 aliphatic heterocycles. The van der Waals surface area contributed by atoms with Crippen molar-refractivity contribution in [3.05, 3.63) is 59.8 Å². The fourth-order valence-electron chi connectivity index (χ4n) is 2.35. The smallest absolute Gasteiger partial charge is 0.254 e. The van der Waals surface area contributed by atoms with E-state index in [0.717, 1.165) is 5.56 Å². The van der Waals surface area contributed by atoms with Gasteiger partial charge < -0.3 is 4.74 Å². The molecule has 0 N–H and O–H groups in total. The summed E-state index contributed by atoms with van der Waals surface area (Å²) in [4.78, 5) is 18.5. The van der Waals surface area contributed by atoms with E-state index in [1.807, 2.05) is 36.4 Å². The van der Waals surface area contributed by atoms with E-state index in [9.17, 15) is 4.79 Å². The first kappa shape index (κ1) is 16.2. The summed E-state index contributed by atoms with van der Waals surface area (Å²) in [6, 6.07) is 15.1. The Bertz CT molecular complexity index is 719. The zero-order chi connectivity index (χ0) is 16.8. The van der Waals surface area contributed by atoms with Crippen molar-refractivity contribution in [1.29, 1.82) is 5.26 Å². The Hall–Kier alpha value is -2.71. The number of carbonyl (C=O) groups excluding carboxylic acids is 1. The molecule has 1 aromatic heterocycles. The van der Waals surface area contributed by atoms with Gasteiger partial charge in [0.05, 0.1) is 18.7 Å². The summed E-state index contributed by atoms with van der Waals surface area (Å²) in [5.74, 6) is 1.02. The van der Waals surface area contributed by atoms with Crippen LogP contribution in [0.4, 0.5) is 5.82 Å². The summed E-state index contributed by atoms with van der Waals surface area (Å²) in [7, 11) is 0. The van der Waals surface area contributed by atoms with Crippen molar-refractivity contribution < 1.29 is 9.53 Å². The van der Waals surface area contributed by atoms with E-state index in [2.05, 4.69) is 4.98 Å². The van der Waals surface area contributed by atoms with Gasteiger partial charge in [-0.3, -0.25) is 9.69 Å². The maximum absolute atomic E-state index is 12.6. The van der Waals surface area contributed by atoms with E-state index in [4.69, 9.17) is 10.00 Å². The van der Waals surface area contributed by atoms with Crippen LogP contribution in [0.5, 0.6) is 0 Å². The number of nitriles is 1. The van der Waals surface area contributed by atoms with Crippen molar-refractivity contribution in [1.82, 2.24) is 4.98 Å². The number of anilines is 1. The van der Waals surface area contributed by atoms with Gasteiger partial charge in [0.2, 0.25) is 0 Å². The Labute approximate surface area is 141 Å². The molecule has 3 rings (SSSR count). The Balaban J connectivity index is 1.73. The maximum atomic E-state index is 12.6. The molecule has 2 aromatic rings. The predicted molar refractivity (Wildman–Crippen MR) is 90.1 cm³/mol. The quantitative estimate of drug-likeness (QED) is 0.786. The summed E-state index contributed by atoms with van der Waals surface area (Å²) in [5, 5.41) is 8.89. The Kier molecular flexibility index (Phi) is 5.19. The summed E-state index contributed by atoms with van der Waals surface area (Å²) < 4.78 is 5.53. The molecule has 122 valence electrons. The minimum absolute atomic E-state index is 0.0466. The van der Waals surface area contributed by atoms with Gasteiger partial charge in [0.15, 0.2) is 0 Å². The number of amides is 1. The van der Waals surface area contributed by atoms with Gasteiger partial charge in [-0.05, 0) is 36.5 Å². The highest BCUT2D eigenvalue weighted by Gasteiger charge is 2.23. The Morgan fingerprint density at radius 1 is 1.25 bits per heavy atom. The highest BCUT2D eigenvalue weighted by Crippen LogP contribution is 2.28. The molecule has 1 aromatic carbocycles. The second-order valence-electron chi connectivity index (χ2n) is 5.94. The molecule has 1 heterocycles. The van der Waals surface area contributed by atoms with Gasteiger partial charge in [-0.25, -0.2) is 4.98 Å². The predicted octanol–water partition coefficient (Wildman–Crippen LogP) is 2.91. The van der Waals surface area contributed by atoms with E-state index in [1.54, 1.807) is 17.0 Å². The first-order chi connectivity index (χ1) is 11.8. The number of carbonyl (C=O) groups is 1. The van der Waals surface area contributed by atoms with Crippen LogP contribution in [-0.4, -0.2) is 24.1 Å². The monoisotopic (exact) mass is 321 g/mol. The molecule has 1 aliphatic rings. The molecule has 5 nitrogen and oxygen atoms in total. The average Bonchev–Trinajstić information content (AvgIpc) is 3.45. The fraction of sp³-hybridized carbons (Fsp3) is 0.316. The van der Waals surface area contributed by atoms with Gasteiger partial charge in [0, 0.05) is 6.20 Å². The van der Waals surface area contributed by atoms with Crippen LogP contribution in [0.25, 0.3) is 0 Å². The molecule has 0 unspecified atom stereocenters. The highest BCUT2D eigenvalue weighted by molar-refractivity contribution is 5.93. The number of rotatable bonds is 7. The van der Waals surface area contributed by atoms with Crippen LogP contribution < -0.4 is 4.90 Å². The SMILES string of the molecule is N#Cc1ccc(N(Cc2ccccc2)C(=O)COCC2CC2)nc1. The fourth-order valence-corrected chi connectivity index (χ4v) is 2.35. The van der Waals surface area contributed by atoms with Crippen LogP contribution in [0.2, 0.25) is 0 Å². The largest absolute Gasteiger partial charge is 0.371 e. The Morgan fingerprint density at radius 2 is 2.04 bits per heavy atom. The molecular formula is C19H19N3O2. The summed E-state index contributed by atoms with van der Waals surface area (Å²) in [6.45, 7) is 1.11. The third-order valence-electron chi connectivity index (χ3n) is 3.91. The second kappa shape index (κ2) is 7.71. The van der Waals surface area contributed by atoms with Gasteiger partial charge in [-0.15, -0.1) is 0 Å². The van der Waals surface area contributed by atoms with Crippen LogP contribution in [-0.2, 0) is 16.1 Å². The molecule has 0 radical (unpaired) electrons. The number of benzene rings is 1. The van der Waals surface area contributed by atoms with Crippen molar-refractivity contribution in [3.63, 3.8) is 0 Å². The number of aromatic nitrogens is 1. The molecule has 0 spiro atoms. The van der Waals surface area contributed by atoms with E-state index >= 15 is 0 Å². The number of ether oxygens (including phenoxy) is 1. The van der Waals surface area contributed by atoms with Crippen LogP contribution in [0.1, 0.15) is 24.0 Å². The van der Waals surface area contributed by atoms with Crippen molar-refractivity contribution in [2.75, 3.05) is 18.1 Å². The van der Waals surface area contributed by atoms with Gasteiger partial charge in [-0.2, -0.15) is 5.26 Å². The maximum Gasteiger partial charge on any atom is 0.254 e. The third kappa shape index (κ3) is 4.40. The zero-order valence-electron chi connectivity index (χ0n) is 13.4. The van der Waals surface area contributed by atoms with Gasteiger partial charge >= 0.3 is 0 Å². The zero-order valence-corrected chi connectivity index (χ0v) is 13.4. The van der Waals surface area contributed by atoms with Gasteiger partial charge in [0.25, 0.3) is 5.91 Å². The lowest BCUT2D eigenvalue weighted by Gasteiger charge is -2.22. The van der Waals surface area contributed by atoms with Crippen LogP contribution in [0, 0.1) is 17.2 Å². The van der Waals surface area contributed by atoms with E-state index in [0.29, 0.717) is 30.5 Å². The minimum Gasteiger partial charge on any atom is -0.371 e. The van der Waals surface area contributed by atoms with Crippen molar-refractivity contribution in [2.24, 2.45) is 5.92 Å². The minimum atomic E-state index is -0.128. The van der Waals surface area contributed by atoms with Crippen molar-refractivity contribution in [3.8, 4) is 6.07 Å². The van der Waals surface area contributed by atoms with Crippen molar-refractivity contribution in [2.45, 2.75) is 19.4 Å². The van der Waals surface area contributed by atoms with E-state index in [-0.39, 0.29) is 12.5 Å². The standard InChI is InChI=1S/C19H19N3O2/c20-10-17-8-9-18(21-11-17)22(12-15-4-2-1-3-5-15)19(23)14-24-13-16-6-7-16/h1-5,8-9,11,16H,6-7,12-14H2. The third-order valence-corrected chi connectivity index (χ3v) is 3.91. The molecule has 1 saturated carbocycles. The van der Waals surface area contributed by atoms with Crippen molar-refractivity contribution >= 4 is 11.7 Å². The summed E-state index contributed by atoms with van der Waals surface area (Å²) >= 11 is 0. The lowest BCUT2D eigenvalue weighted by atomic mass is 10.2. The number of nitrogens with zero attached hydrogens (tertiary/aromatic N) is 3. The second-order valence-corrected chi connectivity index (χ2v) is 5.94. The molecule has 5 heteroatoms. The molecular weight excluding hydrogens is 302 g/mol. The average molecular weight is 321 g/mol. The van der Waals surface area contributed by atoms with Gasteiger partial charge in [0.1, 0.15) is 18.5 Å². The lowest BCUT2D eigenvalue weighted by molar-refractivity contribution is -0.123. The lowest BCUT2D eigenvalue weighted by Crippen LogP contribution is -2.34. The van der Waals surface area contributed by atoms with E-state index < -0.39 is 0 Å². The number of hydrogen-bond acceptors (Lipinski definition) is 4. The molecule has 24 heavy (non-hydrogen) atoms. The molecule has 1 fully saturated rings. The Morgan fingerprint density at radius 3 is 2.67 bits per heavy atom.